The molecular formula is C19H25FN4O. The molecule has 6 heteroatoms. The summed E-state index contributed by atoms with van der Waals surface area (Å²) in [6.07, 6.45) is 4.67. The van der Waals surface area contributed by atoms with Gasteiger partial charge in [-0.2, -0.15) is 5.26 Å². The monoisotopic (exact) mass is 344 g/mol. The molecule has 2 fully saturated rings. The second-order valence-corrected chi connectivity index (χ2v) is 7.04. The number of nitriles is 1. The molecule has 1 heterocycles. The fraction of sp³-hybridized carbons (Fsp3) is 0.579. The SMILES string of the molecule is N#CC1(NC(=O)CN2CCN(c3ccc(F)cc3)CC2)CCCCC1. The second kappa shape index (κ2) is 7.83. The molecule has 3 rings (SSSR count). The maximum Gasteiger partial charge on any atom is 0.235 e. The summed E-state index contributed by atoms with van der Waals surface area (Å²) in [4.78, 5) is 16.7. The highest BCUT2D eigenvalue weighted by Crippen LogP contribution is 2.27. The van der Waals surface area contributed by atoms with Crippen LogP contribution in [0.15, 0.2) is 24.3 Å². The van der Waals surface area contributed by atoms with Crippen molar-refractivity contribution in [3.05, 3.63) is 30.1 Å². The van der Waals surface area contributed by atoms with Crippen molar-refractivity contribution >= 4 is 11.6 Å². The third-order valence-corrected chi connectivity index (χ3v) is 5.23. The van der Waals surface area contributed by atoms with Crippen LogP contribution in [0.25, 0.3) is 0 Å². The fourth-order valence-corrected chi connectivity index (χ4v) is 3.75. The lowest BCUT2D eigenvalue weighted by atomic mass is 9.83. The highest BCUT2D eigenvalue weighted by Gasteiger charge is 2.34. The number of amides is 1. The van der Waals surface area contributed by atoms with Crippen LogP contribution in [0.1, 0.15) is 32.1 Å². The summed E-state index contributed by atoms with van der Waals surface area (Å²) < 4.78 is 13.0. The number of benzene rings is 1. The summed E-state index contributed by atoms with van der Waals surface area (Å²) in [5.41, 5.74) is 0.349. The van der Waals surface area contributed by atoms with Gasteiger partial charge in [-0.05, 0) is 37.1 Å². The Morgan fingerprint density at radius 3 is 2.36 bits per heavy atom. The van der Waals surface area contributed by atoms with Crippen molar-refractivity contribution in [2.24, 2.45) is 0 Å². The quantitative estimate of drug-likeness (QED) is 0.910. The first-order valence-corrected chi connectivity index (χ1v) is 9.05. The lowest BCUT2D eigenvalue weighted by molar-refractivity contribution is -0.124. The maximum atomic E-state index is 13.0. The molecule has 0 atom stereocenters. The number of carbonyl (C=O) groups is 1. The first-order valence-electron chi connectivity index (χ1n) is 9.05. The molecule has 0 unspecified atom stereocenters. The van der Waals surface area contributed by atoms with Crippen LogP contribution in [-0.2, 0) is 4.79 Å². The standard InChI is InChI=1S/C19H25FN4O/c20-16-4-6-17(7-5-16)24-12-10-23(11-13-24)14-18(25)22-19(15-21)8-2-1-3-9-19/h4-7H,1-3,8-14H2,(H,22,25). The molecule has 1 aromatic carbocycles. The van der Waals surface area contributed by atoms with E-state index in [4.69, 9.17) is 0 Å². The van der Waals surface area contributed by atoms with Gasteiger partial charge in [0.15, 0.2) is 0 Å². The molecule has 0 bridgehead atoms. The van der Waals surface area contributed by atoms with Gasteiger partial charge < -0.3 is 10.2 Å². The van der Waals surface area contributed by atoms with Crippen LogP contribution in [0, 0.1) is 17.1 Å². The lowest BCUT2D eigenvalue weighted by Crippen LogP contribution is -2.54. The summed E-state index contributed by atoms with van der Waals surface area (Å²) in [5.74, 6) is -0.285. The van der Waals surface area contributed by atoms with E-state index in [2.05, 4.69) is 21.2 Å². The Bertz CT molecular complexity index is 626. The van der Waals surface area contributed by atoms with Crippen LogP contribution >= 0.6 is 0 Å². The summed E-state index contributed by atoms with van der Waals surface area (Å²) in [7, 11) is 0. The number of rotatable bonds is 4. The normalized spacial score (nSPS) is 20.7. The van der Waals surface area contributed by atoms with Crippen LogP contribution in [0.2, 0.25) is 0 Å². The predicted molar refractivity (Wildman–Crippen MR) is 94.6 cm³/mol. The van der Waals surface area contributed by atoms with Crippen molar-refractivity contribution in [3.63, 3.8) is 0 Å². The van der Waals surface area contributed by atoms with Crippen LogP contribution < -0.4 is 10.2 Å². The summed E-state index contributed by atoms with van der Waals surface area (Å²) >= 11 is 0. The minimum absolute atomic E-state index is 0.0568. The van der Waals surface area contributed by atoms with Crippen LogP contribution in [-0.4, -0.2) is 49.1 Å². The molecule has 2 aliphatic rings. The van der Waals surface area contributed by atoms with Gasteiger partial charge in [-0.15, -0.1) is 0 Å². The van der Waals surface area contributed by atoms with Gasteiger partial charge in [-0.25, -0.2) is 4.39 Å². The minimum Gasteiger partial charge on any atom is -0.369 e. The van der Waals surface area contributed by atoms with Crippen molar-refractivity contribution in [2.45, 2.75) is 37.6 Å². The summed E-state index contributed by atoms with van der Waals surface area (Å²) in [6.45, 7) is 3.51. The topological polar surface area (TPSA) is 59.4 Å². The van der Waals surface area contributed by atoms with Crippen LogP contribution in [0.4, 0.5) is 10.1 Å². The number of halogens is 1. The van der Waals surface area contributed by atoms with Gasteiger partial charge in [0.2, 0.25) is 5.91 Å². The molecule has 1 saturated heterocycles. The van der Waals surface area contributed by atoms with Crippen molar-refractivity contribution < 1.29 is 9.18 Å². The zero-order chi connectivity index (χ0) is 17.7. The average Bonchev–Trinajstić information content (AvgIpc) is 2.64. The Balaban J connectivity index is 1.47. The van der Waals surface area contributed by atoms with E-state index in [1.54, 1.807) is 12.1 Å². The molecule has 0 radical (unpaired) electrons. The highest BCUT2D eigenvalue weighted by atomic mass is 19.1. The Kier molecular flexibility index (Phi) is 5.54. The van der Waals surface area contributed by atoms with E-state index < -0.39 is 5.54 Å². The molecular weight excluding hydrogens is 319 g/mol. The van der Waals surface area contributed by atoms with E-state index in [0.717, 1.165) is 64.0 Å². The molecule has 1 N–H and O–H groups in total. The lowest BCUT2D eigenvalue weighted by Gasteiger charge is -2.37. The van der Waals surface area contributed by atoms with Gasteiger partial charge in [0, 0.05) is 31.9 Å². The number of nitrogens with one attached hydrogen (secondary N) is 1. The largest absolute Gasteiger partial charge is 0.369 e. The minimum atomic E-state index is -0.661. The molecule has 1 aromatic rings. The van der Waals surface area contributed by atoms with Gasteiger partial charge >= 0.3 is 0 Å². The molecule has 0 aromatic heterocycles. The Hall–Kier alpha value is -2.13. The van der Waals surface area contributed by atoms with Crippen molar-refractivity contribution in [1.82, 2.24) is 10.2 Å². The van der Waals surface area contributed by atoms with Crippen molar-refractivity contribution in [1.29, 1.82) is 5.26 Å². The zero-order valence-electron chi connectivity index (χ0n) is 14.5. The first-order chi connectivity index (χ1) is 12.1. The number of hydrogen-bond donors (Lipinski definition) is 1. The van der Waals surface area contributed by atoms with E-state index in [9.17, 15) is 14.4 Å². The van der Waals surface area contributed by atoms with Crippen molar-refractivity contribution in [3.8, 4) is 6.07 Å². The van der Waals surface area contributed by atoms with E-state index in [0.29, 0.717) is 6.54 Å². The number of carbonyl (C=O) groups excluding carboxylic acids is 1. The first kappa shape index (κ1) is 17.7. The van der Waals surface area contributed by atoms with Gasteiger partial charge in [-0.1, -0.05) is 19.3 Å². The van der Waals surface area contributed by atoms with Gasteiger partial charge in [0.25, 0.3) is 0 Å². The number of hydrogen-bond acceptors (Lipinski definition) is 4. The third-order valence-electron chi connectivity index (χ3n) is 5.23. The second-order valence-electron chi connectivity index (χ2n) is 7.04. The molecule has 1 aliphatic carbocycles. The molecule has 0 spiro atoms. The summed E-state index contributed by atoms with van der Waals surface area (Å²) in [6, 6.07) is 8.85. The molecule has 25 heavy (non-hydrogen) atoms. The molecule has 1 amide bonds. The molecule has 134 valence electrons. The molecule has 5 nitrogen and oxygen atoms in total. The predicted octanol–water partition coefficient (Wildman–Crippen LogP) is 2.29. The fourth-order valence-electron chi connectivity index (χ4n) is 3.75. The van der Waals surface area contributed by atoms with Crippen LogP contribution in [0.5, 0.6) is 0 Å². The Morgan fingerprint density at radius 1 is 1.12 bits per heavy atom. The Labute approximate surface area is 148 Å². The van der Waals surface area contributed by atoms with E-state index in [1.165, 1.54) is 12.1 Å². The van der Waals surface area contributed by atoms with E-state index >= 15 is 0 Å². The third kappa shape index (κ3) is 4.49. The molecule has 1 aliphatic heterocycles. The number of nitrogens with zero attached hydrogens (tertiary/aromatic N) is 3. The average molecular weight is 344 g/mol. The maximum absolute atomic E-state index is 13.0. The van der Waals surface area contributed by atoms with E-state index in [1.807, 2.05) is 0 Å². The van der Waals surface area contributed by atoms with Gasteiger partial charge in [0.1, 0.15) is 11.4 Å². The van der Waals surface area contributed by atoms with Crippen molar-refractivity contribution in [2.75, 3.05) is 37.6 Å². The number of anilines is 1. The highest BCUT2D eigenvalue weighted by molar-refractivity contribution is 5.79. The summed E-state index contributed by atoms with van der Waals surface area (Å²) in [5, 5.41) is 12.4. The number of piperazine rings is 1. The van der Waals surface area contributed by atoms with Gasteiger partial charge in [0.05, 0.1) is 12.6 Å². The van der Waals surface area contributed by atoms with Crippen LogP contribution in [0.3, 0.4) is 0 Å². The molecule has 1 saturated carbocycles. The smallest absolute Gasteiger partial charge is 0.235 e. The Morgan fingerprint density at radius 2 is 1.76 bits per heavy atom. The van der Waals surface area contributed by atoms with Gasteiger partial charge in [-0.3, -0.25) is 9.69 Å². The zero-order valence-corrected chi connectivity index (χ0v) is 14.5. The van der Waals surface area contributed by atoms with E-state index in [-0.39, 0.29) is 11.7 Å².